The van der Waals surface area contributed by atoms with Crippen molar-refractivity contribution in [3.8, 4) is 0 Å². The molecule has 0 aliphatic carbocycles. The minimum absolute atomic E-state index is 0.0829. The van der Waals surface area contributed by atoms with Gasteiger partial charge in [0.05, 0.1) is 5.69 Å². The maximum atomic E-state index is 4.50. The molecule has 0 aliphatic heterocycles. The maximum Gasteiger partial charge on any atom is 0.115 e. The smallest absolute Gasteiger partial charge is 0.115 e. The minimum Gasteiger partial charge on any atom is -0.245 e. The highest BCUT2D eigenvalue weighted by Crippen LogP contribution is 2.32. The summed E-state index contributed by atoms with van der Waals surface area (Å²) in [6.45, 7) is 14.9. The highest BCUT2D eigenvalue weighted by molar-refractivity contribution is 7.12. The number of aromatic nitrogens is 2. The predicted octanol–water partition coefficient (Wildman–Crippen LogP) is 5.92. The summed E-state index contributed by atoms with van der Waals surface area (Å²) in [6.07, 6.45) is 9.12. The van der Waals surface area contributed by atoms with Crippen LogP contribution in [-0.2, 0) is 10.8 Å². The summed E-state index contributed by atoms with van der Waals surface area (Å²) < 4.78 is 4.39. The Morgan fingerprint density at radius 3 is 2.45 bits per heavy atom. The molecule has 118 valence electrons. The molecular formula is C18H24N2S2. The molecule has 0 spiro atoms. The molecule has 2 heterocycles. The molecular weight excluding hydrogens is 308 g/mol. The van der Waals surface area contributed by atoms with Crippen molar-refractivity contribution in [3.05, 3.63) is 45.4 Å². The van der Waals surface area contributed by atoms with Crippen molar-refractivity contribution < 1.29 is 0 Å². The second-order valence-electron chi connectivity index (χ2n) is 7.12. The lowest BCUT2D eigenvalue weighted by atomic mass is 9.87. The summed E-state index contributed by atoms with van der Waals surface area (Å²) in [4.78, 5) is 7.12. The van der Waals surface area contributed by atoms with Gasteiger partial charge < -0.3 is 0 Å². The second kappa shape index (κ2) is 6.47. The topological polar surface area (TPSA) is 25.8 Å². The lowest BCUT2D eigenvalue weighted by Crippen LogP contribution is -2.13. The fourth-order valence-electron chi connectivity index (χ4n) is 1.97. The summed E-state index contributed by atoms with van der Waals surface area (Å²) >= 11 is 3.34. The number of rotatable bonds is 5. The van der Waals surface area contributed by atoms with Gasteiger partial charge in [-0.05, 0) is 41.6 Å². The van der Waals surface area contributed by atoms with Crippen LogP contribution >= 0.6 is 22.9 Å². The normalized spacial score (nSPS) is 13.0. The van der Waals surface area contributed by atoms with Crippen molar-refractivity contribution in [1.29, 1.82) is 0 Å². The van der Waals surface area contributed by atoms with Crippen LogP contribution in [-0.4, -0.2) is 9.36 Å². The van der Waals surface area contributed by atoms with Crippen LogP contribution in [0.1, 0.15) is 61.5 Å². The standard InChI is InChI=1S/C18H24N2S2/c1-7-13-11-14(22-20-13)18(5,6)10-8-9-16-19-12-15(21-16)17(2,3)4/h7-9,11-12H,1,10H2,2-6H3/b9-8+. The van der Waals surface area contributed by atoms with Gasteiger partial charge in [0.2, 0.25) is 0 Å². The summed E-state index contributed by atoms with van der Waals surface area (Å²) in [6, 6.07) is 2.13. The van der Waals surface area contributed by atoms with Gasteiger partial charge in [-0.3, -0.25) is 0 Å². The molecule has 22 heavy (non-hydrogen) atoms. The lowest BCUT2D eigenvalue weighted by molar-refractivity contribution is 0.546. The Morgan fingerprint density at radius 1 is 1.18 bits per heavy atom. The van der Waals surface area contributed by atoms with E-state index < -0.39 is 0 Å². The Balaban J connectivity index is 2.04. The molecule has 0 N–H and O–H groups in total. The molecule has 0 saturated heterocycles. The van der Waals surface area contributed by atoms with Crippen LogP contribution in [0.15, 0.2) is 24.9 Å². The van der Waals surface area contributed by atoms with Crippen molar-refractivity contribution in [3.63, 3.8) is 0 Å². The van der Waals surface area contributed by atoms with Gasteiger partial charge in [0.1, 0.15) is 5.01 Å². The summed E-state index contributed by atoms with van der Waals surface area (Å²) in [5.41, 5.74) is 1.22. The average Bonchev–Trinajstić information content (AvgIpc) is 3.06. The largest absolute Gasteiger partial charge is 0.245 e. The van der Waals surface area contributed by atoms with Crippen molar-refractivity contribution in [2.45, 2.75) is 51.9 Å². The monoisotopic (exact) mass is 332 g/mol. The first-order chi connectivity index (χ1) is 10.2. The van der Waals surface area contributed by atoms with E-state index in [1.54, 1.807) is 28.9 Å². The molecule has 0 aliphatic rings. The van der Waals surface area contributed by atoms with Crippen LogP contribution in [0.5, 0.6) is 0 Å². The number of hydrogen-bond acceptors (Lipinski definition) is 4. The zero-order valence-electron chi connectivity index (χ0n) is 14.0. The van der Waals surface area contributed by atoms with E-state index in [1.165, 1.54) is 9.75 Å². The third kappa shape index (κ3) is 4.14. The van der Waals surface area contributed by atoms with E-state index >= 15 is 0 Å². The van der Waals surface area contributed by atoms with E-state index in [2.05, 4.69) is 68.8 Å². The average molecular weight is 333 g/mol. The third-order valence-corrected chi connectivity index (χ3v) is 6.11. The molecule has 2 nitrogen and oxygen atoms in total. The number of allylic oxidation sites excluding steroid dienone is 1. The summed E-state index contributed by atoms with van der Waals surface area (Å²) in [7, 11) is 0. The molecule has 0 bridgehead atoms. The number of thiazole rings is 1. The molecule has 2 rings (SSSR count). The minimum atomic E-state index is 0.0829. The molecule has 4 heteroatoms. The molecule has 0 unspecified atom stereocenters. The van der Waals surface area contributed by atoms with E-state index in [4.69, 9.17) is 0 Å². The van der Waals surface area contributed by atoms with Crippen LogP contribution in [0.4, 0.5) is 0 Å². The Kier molecular flexibility index (Phi) is 5.03. The van der Waals surface area contributed by atoms with Crippen molar-refractivity contribution in [2.75, 3.05) is 0 Å². The van der Waals surface area contributed by atoms with E-state index in [9.17, 15) is 0 Å². The van der Waals surface area contributed by atoms with Gasteiger partial charge in [-0.1, -0.05) is 47.3 Å². The van der Waals surface area contributed by atoms with Crippen LogP contribution in [0.2, 0.25) is 0 Å². The SMILES string of the molecule is C=Cc1cc(C(C)(C)C/C=C/c2ncc(C(C)(C)C)s2)sn1. The van der Waals surface area contributed by atoms with Gasteiger partial charge in [-0.2, -0.15) is 4.37 Å². The highest BCUT2D eigenvalue weighted by atomic mass is 32.1. The zero-order valence-corrected chi connectivity index (χ0v) is 15.6. The van der Waals surface area contributed by atoms with Crippen LogP contribution < -0.4 is 0 Å². The van der Waals surface area contributed by atoms with Gasteiger partial charge in [0.25, 0.3) is 0 Å². The van der Waals surface area contributed by atoms with Gasteiger partial charge in [-0.25, -0.2) is 4.98 Å². The lowest BCUT2D eigenvalue weighted by Gasteiger charge is -2.20. The first kappa shape index (κ1) is 17.1. The third-order valence-electron chi connectivity index (χ3n) is 3.56. The van der Waals surface area contributed by atoms with Gasteiger partial charge in [0, 0.05) is 21.4 Å². The van der Waals surface area contributed by atoms with E-state index in [0.717, 1.165) is 17.1 Å². The van der Waals surface area contributed by atoms with E-state index in [1.807, 2.05) is 6.20 Å². The maximum absolute atomic E-state index is 4.50. The second-order valence-corrected chi connectivity index (χ2v) is 8.99. The number of nitrogens with zero attached hydrogens (tertiary/aromatic N) is 2. The quantitative estimate of drug-likeness (QED) is 0.679. The predicted molar refractivity (Wildman–Crippen MR) is 99.7 cm³/mol. The number of hydrogen-bond donors (Lipinski definition) is 0. The first-order valence-electron chi connectivity index (χ1n) is 7.45. The highest BCUT2D eigenvalue weighted by Gasteiger charge is 2.22. The molecule has 0 saturated carbocycles. The van der Waals surface area contributed by atoms with Crippen LogP contribution in [0, 0.1) is 0 Å². The van der Waals surface area contributed by atoms with Crippen molar-refractivity contribution in [1.82, 2.24) is 9.36 Å². The Hall–Kier alpha value is -1.26. The fourth-order valence-corrected chi connectivity index (χ4v) is 3.71. The molecule has 0 aromatic carbocycles. The van der Waals surface area contributed by atoms with Crippen LogP contribution in [0.25, 0.3) is 12.2 Å². The molecule has 0 atom stereocenters. The molecule has 0 radical (unpaired) electrons. The van der Waals surface area contributed by atoms with Gasteiger partial charge in [0.15, 0.2) is 0 Å². The van der Waals surface area contributed by atoms with Crippen LogP contribution in [0.3, 0.4) is 0 Å². The van der Waals surface area contributed by atoms with Crippen molar-refractivity contribution in [2.24, 2.45) is 0 Å². The summed E-state index contributed by atoms with van der Waals surface area (Å²) in [5, 5.41) is 1.08. The Bertz CT molecular complexity index is 669. The molecule has 2 aromatic heterocycles. The van der Waals surface area contributed by atoms with Crippen molar-refractivity contribution >= 4 is 35.0 Å². The first-order valence-corrected chi connectivity index (χ1v) is 9.04. The van der Waals surface area contributed by atoms with E-state index in [-0.39, 0.29) is 10.8 Å². The molecule has 2 aromatic rings. The van der Waals surface area contributed by atoms with Gasteiger partial charge >= 0.3 is 0 Å². The zero-order chi connectivity index (χ0) is 16.4. The van der Waals surface area contributed by atoms with E-state index in [0.29, 0.717) is 0 Å². The summed E-state index contributed by atoms with van der Waals surface area (Å²) in [5.74, 6) is 0. The Morgan fingerprint density at radius 2 is 1.91 bits per heavy atom. The molecule has 0 fully saturated rings. The Labute approximate surface area is 141 Å². The van der Waals surface area contributed by atoms with Gasteiger partial charge in [-0.15, -0.1) is 11.3 Å². The fraction of sp³-hybridized carbons (Fsp3) is 0.444. The molecule has 0 amide bonds.